The van der Waals surface area contributed by atoms with Crippen LogP contribution in [0.15, 0.2) is 48.7 Å². The molecule has 0 bridgehead atoms. The second-order valence-corrected chi connectivity index (χ2v) is 9.13. The van der Waals surface area contributed by atoms with Crippen molar-refractivity contribution in [2.24, 2.45) is 0 Å². The van der Waals surface area contributed by atoms with E-state index < -0.39 is 0 Å². The molecule has 8 nitrogen and oxygen atoms in total. The van der Waals surface area contributed by atoms with Gasteiger partial charge in [-0.2, -0.15) is 4.98 Å². The smallest absolute Gasteiger partial charge is 0.268 e. The van der Waals surface area contributed by atoms with Gasteiger partial charge in [0.15, 0.2) is 6.73 Å². The number of ether oxygens (including phenoxy) is 1. The van der Waals surface area contributed by atoms with Crippen molar-refractivity contribution in [1.82, 2.24) is 14.9 Å². The summed E-state index contributed by atoms with van der Waals surface area (Å²) >= 11 is 12.5. The highest BCUT2D eigenvalue weighted by Crippen LogP contribution is 2.37. The van der Waals surface area contributed by atoms with Crippen LogP contribution < -0.4 is 15.0 Å². The first-order chi connectivity index (χ1) is 16.5. The lowest BCUT2D eigenvalue weighted by molar-refractivity contribution is 0.0792. The number of anilines is 3. The monoisotopic (exact) mass is 499 g/mol. The van der Waals surface area contributed by atoms with Gasteiger partial charge >= 0.3 is 0 Å². The van der Waals surface area contributed by atoms with Crippen LogP contribution in [-0.4, -0.2) is 51.8 Å². The number of aromatic nitrogens is 2. The molecule has 1 fully saturated rings. The first-order valence-electron chi connectivity index (χ1n) is 11.0. The molecule has 0 radical (unpaired) electrons. The van der Waals surface area contributed by atoms with Gasteiger partial charge < -0.3 is 15.2 Å². The summed E-state index contributed by atoms with van der Waals surface area (Å²) in [5.41, 5.74) is 2.64. The summed E-state index contributed by atoms with van der Waals surface area (Å²) in [6.07, 6.45) is 2.91. The number of hydrogen-bond acceptors (Lipinski definition) is 7. The van der Waals surface area contributed by atoms with Crippen molar-refractivity contribution in [3.63, 3.8) is 0 Å². The van der Waals surface area contributed by atoms with Gasteiger partial charge in [0.1, 0.15) is 5.56 Å². The van der Waals surface area contributed by atoms with E-state index in [0.29, 0.717) is 21.7 Å². The van der Waals surface area contributed by atoms with Crippen molar-refractivity contribution in [3.8, 4) is 5.88 Å². The lowest BCUT2D eigenvalue weighted by atomic mass is 10.1. The zero-order valence-electron chi connectivity index (χ0n) is 18.2. The summed E-state index contributed by atoms with van der Waals surface area (Å²) in [7, 11) is 0. The van der Waals surface area contributed by atoms with Crippen molar-refractivity contribution < 1.29 is 14.6 Å². The molecule has 5 rings (SSSR count). The fourth-order valence-electron chi connectivity index (χ4n) is 4.08. The topological polar surface area (TPSA) is 90.8 Å². The predicted molar refractivity (Wildman–Crippen MR) is 131 cm³/mol. The maximum Gasteiger partial charge on any atom is 0.268 e. The second kappa shape index (κ2) is 9.76. The molecule has 0 unspecified atom stereocenters. The number of fused-ring (bicyclic) bond motifs is 1. The van der Waals surface area contributed by atoms with Crippen LogP contribution in [0.25, 0.3) is 0 Å². The number of nitrogens with one attached hydrogen (secondary N) is 1. The lowest BCUT2D eigenvalue weighted by Crippen LogP contribution is -2.39. The van der Waals surface area contributed by atoms with Crippen molar-refractivity contribution >= 4 is 46.4 Å². The first kappa shape index (κ1) is 22.9. The Morgan fingerprint density at radius 1 is 1.09 bits per heavy atom. The van der Waals surface area contributed by atoms with E-state index in [2.05, 4.69) is 32.3 Å². The number of halogens is 2. The molecule has 2 aliphatic heterocycles. The van der Waals surface area contributed by atoms with Crippen LogP contribution in [0.1, 0.15) is 28.8 Å². The Kier molecular flexibility index (Phi) is 6.56. The number of benzene rings is 2. The average Bonchev–Trinajstić information content (AvgIpc) is 2.83. The van der Waals surface area contributed by atoms with E-state index in [-0.39, 0.29) is 30.2 Å². The highest BCUT2D eigenvalue weighted by molar-refractivity contribution is 6.40. The minimum absolute atomic E-state index is 0.0615. The average molecular weight is 500 g/mol. The largest absolute Gasteiger partial charge is 0.455 e. The highest BCUT2D eigenvalue weighted by Gasteiger charge is 2.31. The lowest BCUT2D eigenvalue weighted by Gasteiger charge is -2.29. The number of para-hydroxylation sites is 1. The fourth-order valence-corrected chi connectivity index (χ4v) is 4.69. The van der Waals surface area contributed by atoms with Gasteiger partial charge in [0.25, 0.3) is 5.91 Å². The maximum atomic E-state index is 13.0. The highest BCUT2D eigenvalue weighted by atomic mass is 35.5. The molecule has 3 aromatic rings. The van der Waals surface area contributed by atoms with Crippen LogP contribution in [0.5, 0.6) is 5.88 Å². The van der Waals surface area contributed by atoms with E-state index >= 15 is 0 Å². The number of rotatable bonds is 5. The van der Waals surface area contributed by atoms with Crippen LogP contribution >= 0.6 is 23.2 Å². The molecule has 2 aliphatic rings. The van der Waals surface area contributed by atoms with E-state index in [4.69, 9.17) is 27.9 Å². The molecule has 2 N–H and O–H groups in total. The molecule has 1 aromatic heterocycles. The third kappa shape index (κ3) is 4.81. The van der Waals surface area contributed by atoms with Crippen molar-refractivity contribution in [2.75, 3.05) is 30.0 Å². The Labute approximate surface area is 207 Å². The number of aliphatic hydroxyl groups is 1. The number of amides is 1. The van der Waals surface area contributed by atoms with E-state index in [1.54, 1.807) is 18.2 Å². The van der Waals surface area contributed by atoms with Crippen molar-refractivity contribution in [3.05, 3.63) is 69.8 Å². The Bertz CT molecular complexity index is 1180. The summed E-state index contributed by atoms with van der Waals surface area (Å²) in [6.45, 7) is 2.60. The summed E-state index contributed by atoms with van der Waals surface area (Å²) < 4.78 is 5.73. The molecule has 0 spiro atoms. The van der Waals surface area contributed by atoms with Crippen LogP contribution in [0, 0.1) is 0 Å². The molecule has 3 heterocycles. The van der Waals surface area contributed by atoms with E-state index in [1.165, 1.54) is 16.7 Å². The molecule has 0 atom stereocenters. The summed E-state index contributed by atoms with van der Waals surface area (Å²) in [6, 6.07) is 13.1. The Morgan fingerprint density at radius 3 is 2.50 bits per heavy atom. The van der Waals surface area contributed by atoms with E-state index in [1.807, 2.05) is 12.1 Å². The van der Waals surface area contributed by atoms with E-state index in [9.17, 15) is 9.90 Å². The van der Waals surface area contributed by atoms with Crippen LogP contribution in [0.3, 0.4) is 0 Å². The molecule has 34 heavy (non-hydrogen) atoms. The normalized spacial score (nSPS) is 16.8. The third-order valence-electron chi connectivity index (χ3n) is 5.94. The third-order valence-corrected chi connectivity index (χ3v) is 6.55. The molecule has 176 valence electrons. The molecule has 0 saturated carbocycles. The molecule has 2 aromatic carbocycles. The maximum absolute atomic E-state index is 13.0. The molecule has 10 heteroatoms. The van der Waals surface area contributed by atoms with Gasteiger partial charge in [-0.25, -0.2) is 4.98 Å². The summed E-state index contributed by atoms with van der Waals surface area (Å²) in [5.74, 6) is 0.191. The van der Waals surface area contributed by atoms with Crippen LogP contribution in [-0.2, 0) is 6.54 Å². The number of likely N-dealkylation sites (tertiary alicyclic amines) is 1. The molecule has 0 aliphatic carbocycles. The number of carbonyl (C=O) groups excluding carboxylic acids is 1. The van der Waals surface area contributed by atoms with E-state index in [0.717, 1.165) is 38.2 Å². The van der Waals surface area contributed by atoms with Crippen molar-refractivity contribution in [2.45, 2.75) is 25.5 Å². The van der Waals surface area contributed by atoms with Gasteiger partial charge in [0.2, 0.25) is 11.8 Å². The SMILES string of the molecule is O=C1c2cnc(Nc3ccc(CN4CCC(O)CC4)cc3)nc2OCN1c1c(Cl)cccc1Cl. The number of carbonyl (C=O) groups is 1. The number of nitrogens with zero attached hydrogens (tertiary/aromatic N) is 4. The number of hydrogen-bond donors (Lipinski definition) is 2. The van der Waals surface area contributed by atoms with Gasteiger partial charge in [0.05, 0.1) is 21.8 Å². The number of piperidine rings is 1. The van der Waals surface area contributed by atoms with Gasteiger partial charge in [0, 0.05) is 31.5 Å². The molecular weight excluding hydrogens is 477 g/mol. The first-order valence-corrected chi connectivity index (χ1v) is 11.8. The quantitative estimate of drug-likeness (QED) is 0.534. The zero-order valence-corrected chi connectivity index (χ0v) is 19.8. The minimum atomic E-state index is -0.336. The Morgan fingerprint density at radius 2 is 1.79 bits per heavy atom. The van der Waals surface area contributed by atoms with Gasteiger partial charge in [-0.1, -0.05) is 41.4 Å². The fraction of sp³-hybridized carbons (Fsp3) is 0.292. The van der Waals surface area contributed by atoms with Gasteiger partial charge in [-0.05, 0) is 42.7 Å². The Hall–Kier alpha value is -2.91. The molecular formula is C24H23Cl2N5O3. The minimum Gasteiger partial charge on any atom is -0.455 e. The summed E-state index contributed by atoms with van der Waals surface area (Å²) in [5, 5.41) is 13.5. The standard InChI is InChI=1S/C24H23Cl2N5O3/c25-19-2-1-3-20(26)21(19)31-14-34-22-18(23(31)33)12-27-24(29-22)28-16-6-4-15(5-7-16)13-30-10-8-17(32)9-11-30/h1-7,12,17,32H,8-11,13-14H2,(H,27,28,29). The van der Waals surface area contributed by atoms with Gasteiger partial charge in [-0.15, -0.1) is 0 Å². The Balaban J connectivity index is 1.26. The molecule has 1 saturated heterocycles. The second-order valence-electron chi connectivity index (χ2n) is 8.32. The van der Waals surface area contributed by atoms with Gasteiger partial charge in [-0.3, -0.25) is 14.6 Å². The van der Waals surface area contributed by atoms with Crippen LogP contribution in [0.2, 0.25) is 10.0 Å². The zero-order chi connectivity index (χ0) is 23.7. The summed E-state index contributed by atoms with van der Waals surface area (Å²) in [4.78, 5) is 25.4. The van der Waals surface area contributed by atoms with Crippen LogP contribution in [0.4, 0.5) is 17.3 Å². The van der Waals surface area contributed by atoms with Crippen molar-refractivity contribution in [1.29, 1.82) is 0 Å². The predicted octanol–water partition coefficient (Wildman–Crippen LogP) is 4.48. The number of aliphatic hydroxyl groups excluding tert-OH is 1. The molecule has 1 amide bonds.